The molecule has 0 saturated heterocycles. The summed E-state index contributed by atoms with van der Waals surface area (Å²) in [5.41, 5.74) is 2.91. The minimum Gasteiger partial charge on any atom is -0.508 e. The van der Waals surface area contributed by atoms with Crippen molar-refractivity contribution >= 4 is 6.41 Å². The van der Waals surface area contributed by atoms with Gasteiger partial charge in [-0.2, -0.15) is 0 Å². The first-order valence-corrected chi connectivity index (χ1v) is 7.76. The van der Waals surface area contributed by atoms with E-state index in [0.717, 1.165) is 25.8 Å². The van der Waals surface area contributed by atoms with Crippen LogP contribution in [0.3, 0.4) is 0 Å². The van der Waals surface area contributed by atoms with Gasteiger partial charge in [0.05, 0.1) is 0 Å². The molecule has 1 unspecified atom stereocenters. The lowest BCUT2D eigenvalue weighted by atomic mass is 9.56. The SMILES string of the molecule is O=CNCC[C@@]12CCCCC1CCc1ccc(O)cc12. The van der Waals surface area contributed by atoms with E-state index in [-0.39, 0.29) is 5.41 Å². The number of fused-ring (bicyclic) bond motifs is 3. The molecule has 2 aliphatic carbocycles. The van der Waals surface area contributed by atoms with Gasteiger partial charge in [0.2, 0.25) is 6.41 Å². The van der Waals surface area contributed by atoms with Gasteiger partial charge in [-0.05, 0) is 61.3 Å². The van der Waals surface area contributed by atoms with Gasteiger partial charge in [0, 0.05) is 12.0 Å². The van der Waals surface area contributed by atoms with E-state index in [4.69, 9.17) is 0 Å². The minimum absolute atomic E-state index is 0.167. The average molecular weight is 273 g/mol. The first-order valence-electron chi connectivity index (χ1n) is 7.76. The van der Waals surface area contributed by atoms with Crippen molar-refractivity contribution in [2.24, 2.45) is 5.92 Å². The molecular weight excluding hydrogens is 250 g/mol. The quantitative estimate of drug-likeness (QED) is 0.654. The van der Waals surface area contributed by atoms with Gasteiger partial charge in [-0.25, -0.2) is 0 Å². The highest BCUT2D eigenvalue weighted by Crippen LogP contribution is 2.52. The van der Waals surface area contributed by atoms with Crippen molar-refractivity contribution in [3.63, 3.8) is 0 Å². The summed E-state index contributed by atoms with van der Waals surface area (Å²) in [6.07, 6.45) is 9.22. The molecule has 1 saturated carbocycles. The molecule has 20 heavy (non-hydrogen) atoms. The molecule has 3 heteroatoms. The summed E-state index contributed by atoms with van der Waals surface area (Å²) >= 11 is 0. The Bertz CT molecular complexity index is 500. The summed E-state index contributed by atoms with van der Waals surface area (Å²) < 4.78 is 0. The summed E-state index contributed by atoms with van der Waals surface area (Å²) in [6, 6.07) is 5.87. The van der Waals surface area contributed by atoms with Gasteiger partial charge in [0.1, 0.15) is 5.75 Å². The highest BCUT2D eigenvalue weighted by molar-refractivity contribution is 5.46. The van der Waals surface area contributed by atoms with Gasteiger partial charge >= 0.3 is 0 Å². The number of carbonyl (C=O) groups excluding carboxylic acids is 1. The first kappa shape index (κ1) is 13.5. The Morgan fingerprint density at radius 1 is 1.35 bits per heavy atom. The van der Waals surface area contributed by atoms with E-state index < -0.39 is 0 Å². The smallest absolute Gasteiger partial charge is 0.207 e. The molecular formula is C17H23NO2. The molecule has 0 spiro atoms. The van der Waals surface area contributed by atoms with Gasteiger partial charge in [0.25, 0.3) is 0 Å². The van der Waals surface area contributed by atoms with E-state index in [9.17, 15) is 9.90 Å². The molecule has 0 bridgehead atoms. The molecule has 3 rings (SSSR count). The number of aryl methyl sites for hydroxylation is 1. The van der Waals surface area contributed by atoms with Crippen molar-refractivity contribution in [3.8, 4) is 5.75 Å². The van der Waals surface area contributed by atoms with E-state index in [0.29, 0.717) is 11.7 Å². The van der Waals surface area contributed by atoms with Crippen molar-refractivity contribution < 1.29 is 9.90 Å². The molecule has 0 heterocycles. The fraction of sp³-hybridized carbons (Fsp3) is 0.588. The van der Waals surface area contributed by atoms with Crippen LogP contribution in [0.1, 0.15) is 49.7 Å². The van der Waals surface area contributed by atoms with Gasteiger partial charge in [-0.15, -0.1) is 0 Å². The molecule has 0 radical (unpaired) electrons. The Morgan fingerprint density at radius 3 is 3.10 bits per heavy atom. The molecule has 2 atom stereocenters. The standard InChI is InChI=1S/C17H23NO2/c19-12-18-10-9-17-8-2-1-3-14(17)6-4-13-5-7-15(20)11-16(13)17/h5,7,11-12,14,20H,1-4,6,8-10H2,(H,18,19)/t14?,17-/m0/s1. The maximum Gasteiger partial charge on any atom is 0.207 e. The zero-order valence-electron chi connectivity index (χ0n) is 11.9. The number of benzene rings is 1. The zero-order chi connectivity index (χ0) is 14.0. The number of hydrogen-bond donors (Lipinski definition) is 2. The predicted molar refractivity (Wildman–Crippen MR) is 78.7 cm³/mol. The highest BCUT2D eigenvalue weighted by Gasteiger charge is 2.44. The number of carbonyl (C=O) groups is 1. The van der Waals surface area contributed by atoms with Crippen LogP contribution < -0.4 is 5.32 Å². The number of rotatable bonds is 4. The number of aromatic hydroxyl groups is 1. The molecule has 1 aromatic carbocycles. The second kappa shape index (κ2) is 5.47. The fourth-order valence-corrected chi connectivity index (χ4v) is 4.48. The maximum absolute atomic E-state index is 10.6. The topological polar surface area (TPSA) is 49.3 Å². The van der Waals surface area contributed by atoms with Crippen LogP contribution in [0.25, 0.3) is 0 Å². The summed E-state index contributed by atoms with van der Waals surface area (Å²) in [4.78, 5) is 10.6. The third kappa shape index (κ3) is 2.19. The van der Waals surface area contributed by atoms with Crippen molar-refractivity contribution in [1.82, 2.24) is 5.32 Å². The molecule has 3 nitrogen and oxygen atoms in total. The number of nitrogens with one attached hydrogen (secondary N) is 1. The van der Waals surface area contributed by atoms with Crippen LogP contribution in [0.4, 0.5) is 0 Å². The zero-order valence-corrected chi connectivity index (χ0v) is 11.9. The number of phenols is 1. The molecule has 0 aromatic heterocycles. The lowest BCUT2D eigenvalue weighted by molar-refractivity contribution is -0.109. The third-order valence-corrected chi connectivity index (χ3v) is 5.40. The van der Waals surface area contributed by atoms with Crippen LogP contribution in [-0.2, 0) is 16.6 Å². The highest BCUT2D eigenvalue weighted by atomic mass is 16.3. The van der Waals surface area contributed by atoms with E-state index in [1.807, 2.05) is 6.07 Å². The van der Waals surface area contributed by atoms with Crippen LogP contribution in [0.15, 0.2) is 18.2 Å². The molecule has 2 aliphatic rings. The molecule has 108 valence electrons. The van der Waals surface area contributed by atoms with E-state index in [1.54, 1.807) is 6.07 Å². The number of phenolic OH excluding ortho intramolecular Hbond substituents is 1. The predicted octanol–water partition coefficient (Wildman–Crippen LogP) is 2.90. The molecule has 2 N–H and O–H groups in total. The van der Waals surface area contributed by atoms with Gasteiger partial charge < -0.3 is 10.4 Å². The fourth-order valence-electron chi connectivity index (χ4n) is 4.48. The third-order valence-electron chi connectivity index (χ3n) is 5.40. The Balaban J connectivity index is 1.99. The van der Waals surface area contributed by atoms with Crippen molar-refractivity contribution in [3.05, 3.63) is 29.3 Å². The van der Waals surface area contributed by atoms with Gasteiger partial charge in [-0.3, -0.25) is 4.79 Å². The largest absolute Gasteiger partial charge is 0.508 e. The Morgan fingerprint density at radius 2 is 2.25 bits per heavy atom. The molecule has 1 amide bonds. The van der Waals surface area contributed by atoms with E-state index in [2.05, 4.69) is 11.4 Å². The first-order chi connectivity index (χ1) is 9.76. The van der Waals surface area contributed by atoms with E-state index >= 15 is 0 Å². The van der Waals surface area contributed by atoms with Crippen molar-refractivity contribution in [2.75, 3.05) is 6.54 Å². The summed E-state index contributed by atoms with van der Waals surface area (Å²) in [6.45, 7) is 0.731. The van der Waals surface area contributed by atoms with Gasteiger partial charge in [0.15, 0.2) is 0 Å². The molecule has 0 aliphatic heterocycles. The second-order valence-corrected chi connectivity index (χ2v) is 6.30. The maximum atomic E-state index is 10.6. The molecule has 1 aromatic rings. The normalized spacial score (nSPS) is 28.3. The number of amides is 1. The lowest BCUT2D eigenvalue weighted by Gasteiger charge is -2.49. The van der Waals surface area contributed by atoms with E-state index in [1.165, 1.54) is 43.2 Å². The van der Waals surface area contributed by atoms with Gasteiger partial charge in [-0.1, -0.05) is 18.9 Å². The molecule has 1 fully saturated rings. The van der Waals surface area contributed by atoms with Crippen LogP contribution in [0.2, 0.25) is 0 Å². The second-order valence-electron chi connectivity index (χ2n) is 6.30. The minimum atomic E-state index is 0.167. The van der Waals surface area contributed by atoms with Crippen molar-refractivity contribution in [1.29, 1.82) is 0 Å². The Hall–Kier alpha value is -1.51. The van der Waals surface area contributed by atoms with Crippen LogP contribution in [0, 0.1) is 5.92 Å². The Kier molecular flexibility index (Phi) is 3.68. The van der Waals surface area contributed by atoms with Crippen LogP contribution in [-0.4, -0.2) is 18.1 Å². The Labute approximate surface area is 120 Å². The van der Waals surface area contributed by atoms with Crippen molar-refractivity contribution in [2.45, 2.75) is 50.4 Å². The lowest BCUT2D eigenvalue weighted by Crippen LogP contribution is -2.43. The van der Waals surface area contributed by atoms with Crippen LogP contribution >= 0.6 is 0 Å². The average Bonchev–Trinajstić information content (AvgIpc) is 2.47. The van der Waals surface area contributed by atoms with Crippen LogP contribution in [0.5, 0.6) is 5.75 Å². The number of hydrogen-bond acceptors (Lipinski definition) is 2. The summed E-state index contributed by atoms with van der Waals surface area (Å²) in [5.74, 6) is 1.08. The summed E-state index contributed by atoms with van der Waals surface area (Å²) in [5, 5.41) is 12.7. The summed E-state index contributed by atoms with van der Waals surface area (Å²) in [7, 11) is 0. The monoisotopic (exact) mass is 273 g/mol.